The summed E-state index contributed by atoms with van der Waals surface area (Å²) in [6.45, 7) is 0.275. The lowest BCUT2D eigenvalue weighted by atomic mass is 10.0. The van der Waals surface area contributed by atoms with Crippen molar-refractivity contribution in [3.63, 3.8) is 0 Å². The Morgan fingerprint density at radius 2 is 1.77 bits per heavy atom. The minimum atomic E-state index is -0.962. The van der Waals surface area contributed by atoms with Gasteiger partial charge in [-0.25, -0.2) is 13.6 Å². The number of amides is 1. The summed E-state index contributed by atoms with van der Waals surface area (Å²) in [6.07, 6.45) is -1.63. The Balaban J connectivity index is 2.00. The lowest BCUT2D eigenvalue weighted by molar-refractivity contribution is 0.102. The predicted molar refractivity (Wildman–Crippen MR) is 93.5 cm³/mol. The van der Waals surface area contributed by atoms with Gasteiger partial charge in [-0.1, -0.05) is 30.3 Å². The fourth-order valence-corrected chi connectivity index (χ4v) is 2.53. The first kappa shape index (κ1) is 19.8. The zero-order valence-corrected chi connectivity index (χ0v) is 14.4. The summed E-state index contributed by atoms with van der Waals surface area (Å²) in [5.74, 6) is -1.43. The molecule has 2 atom stereocenters. The van der Waals surface area contributed by atoms with Crippen LogP contribution in [0.2, 0.25) is 0 Å². The number of nitrogens with one attached hydrogen (secondary N) is 2. The highest BCUT2D eigenvalue weighted by atomic mass is 19.1. The molecule has 0 spiro atoms. The van der Waals surface area contributed by atoms with E-state index in [4.69, 9.17) is 4.74 Å². The normalized spacial score (nSPS) is 13.1. The number of aliphatic hydroxyl groups excluding tert-OH is 1. The quantitative estimate of drug-likeness (QED) is 0.673. The standard InChI is InChI=1S/C19H22F2N2O3/c1-22-11-18(24)17(9-14-7-15(20)10-16(21)8-14)23-19(25)26-12-13-5-3-2-4-6-13/h2-8,10,17-18,22,24H,9,11-12H2,1H3,(H,23,25)/t17-,18+/m0/s1. The van der Waals surface area contributed by atoms with Gasteiger partial charge in [0.15, 0.2) is 0 Å². The molecule has 140 valence electrons. The van der Waals surface area contributed by atoms with Crippen molar-refractivity contribution in [2.45, 2.75) is 25.2 Å². The van der Waals surface area contributed by atoms with Crippen LogP contribution in [0.15, 0.2) is 48.5 Å². The number of carbonyl (C=O) groups is 1. The van der Waals surface area contributed by atoms with E-state index < -0.39 is 29.9 Å². The van der Waals surface area contributed by atoms with Crippen LogP contribution >= 0.6 is 0 Å². The Morgan fingerprint density at radius 1 is 1.12 bits per heavy atom. The molecule has 3 N–H and O–H groups in total. The number of rotatable bonds is 8. The average molecular weight is 364 g/mol. The summed E-state index contributed by atoms with van der Waals surface area (Å²) in [5.41, 5.74) is 1.15. The summed E-state index contributed by atoms with van der Waals surface area (Å²) >= 11 is 0. The van der Waals surface area contributed by atoms with E-state index >= 15 is 0 Å². The van der Waals surface area contributed by atoms with Gasteiger partial charge in [0.05, 0.1) is 12.1 Å². The summed E-state index contributed by atoms with van der Waals surface area (Å²) in [6, 6.07) is 11.5. The molecule has 0 unspecified atom stereocenters. The molecular weight excluding hydrogens is 342 g/mol. The van der Waals surface area contributed by atoms with Crippen molar-refractivity contribution >= 4 is 6.09 Å². The van der Waals surface area contributed by atoms with E-state index in [0.29, 0.717) is 5.56 Å². The molecule has 0 fully saturated rings. The lowest BCUT2D eigenvalue weighted by Gasteiger charge is -2.24. The van der Waals surface area contributed by atoms with Crippen LogP contribution in [0, 0.1) is 11.6 Å². The second-order valence-electron chi connectivity index (χ2n) is 5.92. The molecule has 1 amide bonds. The number of hydrogen-bond donors (Lipinski definition) is 3. The molecular formula is C19H22F2N2O3. The van der Waals surface area contributed by atoms with Crippen LogP contribution in [0.4, 0.5) is 13.6 Å². The summed E-state index contributed by atoms with van der Waals surface area (Å²) < 4.78 is 31.9. The van der Waals surface area contributed by atoms with Crippen LogP contribution < -0.4 is 10.6 Å². The van der Waals surface area contributed by atoms with E-state index in [2.05, 4.69) is 10.6 Å². The molecule has 5 nitrogen and oxygen atoms in total. The number of halogens is 2. The van der Waals surface area contributed by atoms with Crippen molar-refractivity contribution in [3.05, 3.63) is 71.3 Å². The van der Waals surface area contributed by atoms with Gasteiger partial charge in [0, 0.05) is 12.6 Å². The highest BCUT2D eigenvalue weighted by molar-refractivity contribution is 5.67. The topological polar surface area (TPSA) is 70.6 Å². The number of hydrogen-bond acceptors (Lipinski definition) is 4. The second kappa shape index (κ2) is 9.84. The number of ether oxygens (including phenoxy) is 1. The Bertz CT molecular complexity index is 693. The molecule has 0 aliphatic carbocycles. The molecule has 0 bridgehead atoms. The molecule has 0 saturated heterocycles. The maximum absolute atomic E-state index is 13.4. The van der Waals surface area contributed by atoms with Gasteiger partial charge in [0.2, 0.25) is 0 Å². The first-order chi connectivity index (χ1) is 12.5. The van der Waals surface area contributed by atoms with E-state index in [1.807, 2.05) is 30.3 Å². The molecule has 7 heteroatoms. The van der Waals surface area contributed by atoms with Gasteiger partial charge in [-0.2, -0.15) is 0 Å². The van der Waals surface area contributed by atoms with Crippen LogP contribution in [-0.4, -0.2) is 36.9 Å². The molecule has 0 heterocycles. The lowest BCUT2D eigenvalue weighted by Crippen LogP contribution is -2.48. The van der Waals surface area contributed by atoms with Gasteiger partial charge in [0.1, 0.15) is 18.2 Å². The summed E-state index contributed by atoms with van der Waals surface area (Å²) in [5, 5.41) is 15.6. The van der Waals surface area contributed by atoms with Gasteiger partial charge >= 0.3 is 6.09 Å². The highest BCUT2D eigenvalue weighted by Crippen LogP contribution is 2.12. The maximum Gasteiger partial charge on any atom is 0.407 e. The van der Waals surface area contributed by atoms with Gasteiger partial charge < -0.3 is 20.5 Å². The largest absolute Gasteiger partial charge is 0.445 e. The van der Waals surface area contributed by atoms with Crippen LogP contribution in [0.25, 0.3) is 0 Å². The minimum absolute atomic E-state index is 0.0535. The maximum atomic E-state index is 13.4. The number of carbonyl (C=O) groups excluding carboxylic acids is 1. The molecule has 0 radical (unpaired) electrons. The van der Waals surface area contributed by atoms with Crippen molar-refractivity contribution in [1.82, 2.24) is 10.6 Å². The minimum Gasteiger partial charge on any atom is -0.445 e. The number of alkyl carbamates (subject to hydrolysis) is 1. The van der Waals surface area contributed by atoms with Gasteiger partial charge in [-0.3, -0.25) is 0 Å². The average Bonchev–Trinajstić information content (AvgIpc) is 2.59. The third-order valence-corrected chi connectivity index (χ3v) is 3.77. The molecule has 26 heavy (non-hydrogen) atoms. The van der Waals surface area contributed by atoms with Crippen molar-refractivity contribution in [3.8, 4) is 0 Å². The Labute approximate surface area is 151 Å². The van der Waals surface area contributed by atoms with Crippen molar-refractivity contribution in [1.29, 1.82) is 0 Å². The van der Waals surface area contributed by atoms with Crippen molar-refractivity contribution < 1.29 is 23.4 Å². The zero-order chi connectivity index (χ0) is 18.9. The highest BCUT2D eigenvalue weighted by Gasteiger charge is 2.22. The smallest absolute Gasteiger partial charge is 0.407 e. The van der Waals surface area contributed by atoms with Crippen molar-refractivity contribution in [2.24, 2.45) is 0 Å². The Morgan fingerprint density at radius 3 is 2.38 bits per heavy atom. The number of aliphatic hydroxyl groups is 1. The fourth-order valence-electron chi connectivity index (χ4n) is 2.53. The van der Waals surface area contributed by atoms with Crippen LogP contribution in [0.1, 0.15) is 11.1 Å². The summed E-state index contributed by atoms with van der Waals surface area (Å²) in [4.78, 5) is 12.0. The zero-order valence-electron chi connectivity index (χ0n) is 14.4. The predicted octanol–water partition coefficient (Wildman–Crippen LogP) is 2.38. The van der Waals surface area contributed by atoms with E-state index in [1.54, 1.807) is 7.05 Å². The number of likely N-dealkylation sites (N-methyl/N-ethyl adjacent to an activating group) is 1. The Kier molecular flexibility index (Phi) is 7.50. The fraction of sp³-hybridized carbons (Fsp3) is 0.316. The Hall–Kier alpha value is -2.51. The number of benzene rings is 2. The van der Waals surface area contributed by atoms with E-state index in [0.717, 1.165) is 11.6 Å². The second-order valence-corrected chi connectivity index (χ2v) is 5.92. The molecule has 0 aliphatic heterocycles. The van der Waals surface area contributed by atoms with Crippen molar-refractivity contribution in [2.75, 3.05) is 13.6 Å². The monoisotopic (exact) mass is 364 g/mol. The van der Waals surface area contributed by atoms with Gasteiger partial charge in [-0.15, -0.1) is 0 Å². The van der Waals surface area contributed by atoms with Gasteiger partial charge in [-0.05, 0) is 36.7 Å². The molecule has 2 rings (SSSR count). The first-order valence-electron chi connectivity index (χ1n) is 8.22. The van der Waals surface area contributed by atoms with E-state index in [1.165, 1.54) is 12.1 Å². The van der Waals surface area contributed by atoms with E-state index in [9.17, 15) is 18.7 Å². The van der Waals surface area contributed by atoms with E-state index in [-0.39, 0.29) is 19.6 Å². The molecule has 2 aromatic carbocycles. The first-order valence-corrected chi connectivity index (χ1v) is 8.22. The van der Waals surface area contributed by atoms with Crippen LogP contribution in [-0.2, 0) is 17.8 Å². The van der Waals surface area contributed by atoms with Crippen LogP contribution in [0.5, 0.6) is 0 Å². The molecule has 2 aromatic rings. The van der Waals surface area contributed by atoms with Gasteiger partial charge in [0.25, 0.3) is 0 Å². The summed E-state index contributed by atoms with van der Waals surface area (Å²) in [7, 11) is 1.65. The SMILES string of the molecule is CNC[C@@H](O)[C@H](Cc1cc(F)cc(F)c1)NC(=O)OCc1ccccc1. The molecule has 0 aromatic heterocycles. The third kappa shape index (κ3) is 6.42. The van der Waals surface area contributed by atoms with Crippen LogP contribution in [0.3, 0.4) is 0 Å². The molecule has 0 aliphatic rings. The molecule has 0 saturated carbocycles. The third-order valence-electron chi connectivity index (χ3n) is 3.77.